The molecule has 0 aromatic heterocycles. The van der Waals surface area contributed by atoms with Gasteiger partial charge in [-0.3, -0.25) is 0 Å². The molecule has 1 saturated carbocycles. The van der Waals surface area contributed by atoms with Crippen molar-refractivity contribution in [1.82, 2.24) is 5.32 Å². The minimum Gasteiger partial charge on any atom is -0.396 e. The van der Waals surface area contributed by atoms with Crippen LogP contribution in [0.4, 0.5) is 8.78 Å². The van der Waals surface area contributed by atoms with Crippen LogP contribution in [-0.2, 0) is 0 Å². The summed E-state index contributed by atoms with van der Waals surface area (Å²) in [6.45, 7) is 2.69. The second-order valence-electron chi connectivity index (χ2n) is 5.63. The summed E-state index contributed by atoms with van der Waals surface area (Å²) in [5.41, 5.74) is 0.401. The van der Waals surface area contributed by atoms with Gasteiger partial charge in [-0.2, -0.15) is 0 Å². The summed E-state index contributed by atoms with van der Waals surface area (Å²) < 4.78 is 26.5. The van der Waals surface area contributed by atoms with Crippen molar-refractivity contribution >= 4 is 0 Å². The van der Waals surface area contributed by atoms with Crippen LogP contribution in [0.5, 0.6) is 0 Å². The van der Waals surface area contributed by atoms with E-state index in [9.17, 15) is 13.9 Å². The van der Waals surface area contributed by atoms with Crippen molar-refractivity contribution in [2.24, 2.45) is 5.41 Å². The molecule has 1 aliphatic rings. The van der Waals surface area contributed by atoms with Gasteiger partial charge >= 0.3 is 0 Å². The largest absolute Gasteiger partial charge is 0.396 e. The van der Waals surface area contributed by atoms with E-state index >= 15 is 0 Å². The Kier molecular flexibility index (Phi) is 4.53. The zero-order valence-electron chi connectivity index (χ0n) is 11.3. The zero-order valence-corrected chi connectivity index (χ0v) is 11.3. The molecule has 1 unspecified atom stereocenters. The highest BCUT2D eigenvalue weighted by atomic mass is 19.1. The van der Waals surface area contributed by atoms with Crippen molar-refractivity contribution in [3.05, 3.63) is 35.4 Å². The Bertz CT molecular complexity index is 430. The van der Waals surface area contributed by atoms with Gasteiger partial charge < -0.3 is 10.4 Å². The van der Waals surface area contributed by atoms with Gasteiger partial charge in [-0.1, -0.05) is 18.9 Å². The summed E-state index contributed by atoms with van der Waals surface area (Å²) in [6.07, 6.45) is 4.30. The summed E-state index contributed by atoms with van der Waals surface area (Å²) >= 11 is 0. The third-order valence-corrected chi connectivity index (χ3v) is 4.21. The van der Waals surface area contributed by atoms with Gasteiger partial charge in [0.25, 0.3) is 0 Å². The number of aliphatic hydroxyl groups is 1. The molecular formula is C15H21F2NO. The highest BCUT2D eigenvalue weighted by Gasteiger charge is 2.33. The Labute approximate surface area is 112 Å². The molecule has 1 fully saturated rings. The van der Waals surface area contributed by atoms with E-state index in [-0.39, 0.29) is 18.1 Å². The van der Waals surface area contributed by atoms with Crippen LogP contribution in [-0.4, -0.2) is 18.3 Å². The Hall–Kier alpha value is -1.00. The van der Waals surface area contributed by atoms with Crippen LogP contribution in [0, 0.1) is 17.0 Å². The first-order valence-electron chi connectivity index (χ1n) is 6.85. The van der Waals surface area contributed by atoms with E-state index in [0.717, 1.165) is 31.7 Å². The van der Waals surface area contributed by atoms with Gasteiger partial charge in [-0.25, -0.2) is 8.78 Å². The lowest BCUT2D eigenvalue weighted by Crippen LogP contribution is -2.36. The summed E-state index contributed by atoms with van der Waals surface area (Å²) in [5.74, 6) is -1.08. The monoisotopic (exact) mass is 269 g/mol. The molecule has 0 saturated heterocycles. The first-order chi connectivity index (χ1) is 9.06. The van der Waals surface area contributed by atoms with Crippen LogP contribution in [0.1, 0.15) is 44.2 Å². The van der Waals surface area contributed by atoms with Crippen LogP contribution in [0.2, 0.25) is 0 Å². The van der Waals surface area contributed by atoms with Gasteiger partial charge in [-0.15, -0.1) is 0 Å². The lowest BCUT2D eigenvalue weighted by atomic mass is 9.87. The van der Waals surface area contributed by atoms with Crippen LogP contribution >= 0.6 is 0 Å². The summed E-state index contributed by atoms with van der Waals surface area (Å²) in [6, 6.07) is 3.46. The number of benzene rings is 1. The van der Waals surface area contributed by atoms with E-state index in [1.807, 2.05) is 6.92 Å². The average molecular weight is 269 g/mol. The fourth-order valence-electron chi connectivity index (χ4n) is 2.85. The molecule has 2 N–H and O–H groups in total. The van der Waals surface area contributed by atoms with Gasteiger partial charge in [0.05, 0.1) is 0 Å². The van der Waals surface area contributed by atoms with Crippen molar-refractivity contribution in [3.63, 3.8) is 0 Å². The number of rotatable bonds is 5. The van der Waals surface area contributed by atoms with Gasteiger partial charge in [-0.05, 0) is 25.8 Å². The quantitative estimate of drug-likeness (QED) is 0.860. The fourth-order valence-corrected chi connectivity index (χ4v) is 2.85. The van der Waals surface area contributed by atoms with Crippen LogP contribution in [0.3, 0.4) is 0 Å². The molecular weight excluding hydrogens is 248 g/mol. The topological polar surface area (TPSA) is 32.3 Å². The van der Waals surface area contributed by atoms with E-state index < -0.39 is 11.6 Å². The molecule has 1 atom stereocenters. The third kappa shape index (κ3) is 3.31. The summed E-state index contributed by atoms with van der Waals surface area (Å²) in [5, 5.41) is 12.8. The molecule has 106 valence electrons. The van der Waals surface area contributed by atoms with E-state index in [1.54, 1.807) is 0 Å². The molecule has 0 bridgehead atoms. The van der Waals surface area contributed by atoms with Gasteiger partial charge in [0.15, 0.2) is 0 Å². The second kappa shape index (κ2) is 5.97. The lowest BCUT2D eigenvalue weighted by Gasteiger charge is -2.29. The second-order valence-corrected chi connectivity index (χ2v) is 5.63. The number of halogens is 2. The fraction of sp³-hybridized carbons (Fsp3) is 0.600. The van der Waals surface area contributed by atoms with E-state index in [0.29, 0.717) is 12.1 Å². The molecule has 0 amide bonds. The molecule has 1 aliphatic carbocycles. The molecule has 19 heavy (non-hydrogen) atoms. The lowest BCUT2D eigenvalue weighted by molar-refractivity contribution is 0.125. The number of nitrogens with one attached hydrogen (secondary N) is 1. The number of hydrogen-bond donors (Lipinski definition) is 2. The highest BCUT2D eigenvalue weighted by Crippen LogP contribution is 2.37. The van der Waals surface area contributed by atoms with Crippen molar-refractivity contribution in [2.75, 3.05) is 13.2 Å². The van der Waals surface area contributed by atoms with Crippen LogP contribution < -0.4 is 5.32 Å². The third-order valence-electron chi connectivity index (χ3n) is 4.21. The maximum Gasteiger partial charge on any atom is 0.130 e. The minimum absolute atomic E-state index is 0.0647. The van der Waals surface area contributed by atoms with Crippen LogP contribution in [0.25, 0.3) is 0 Å². The maximum absolute atomic E-state index is 13.6. The molecule has 2 rings (SSSR count). The first-order valence-corrected chi connectivity index (χ1v) is 6.85. The zero-order chi connectivity index (χ0) is 13.9. The number of aliphatic hydroxyl groups excluding tert-OH is 1. The predicted octanol–water partition coefficient (Wildman–Crippen LogP) is 3.17. The van der Waals surface area contributed by atoms with E-state index in [1.165, 1.54) is 12.1 Å². The molecule has 0 heterocycles. The SMILES string of the molecule is CC(NCC1(CO)CCCC1)c1ccc(F)cc1F. The minimum atomic E-state index is -0.559. The van der Waals surface area contributed by atoms with Crippen molar-refractivity contribution in [2.45, 2.75) is 38.6 Å². The molecule has 1 aromatic rings. The molecule has 0 radical (unpaired) electrons. The molecule has 4 heteroatoms. The normalized spacial score (nSPS) is 19.6. The van der Waals surface area contributed by atoms with Gasteiger partial charge in [0.2, 0.25) is 0 Å². The first kappa shape index (κ1) is 14.4. The Morgan fingerprint density at radius 3 is 2.58 bits per heavy atom. The molecule has 1 aromatic carbocycles. The Morgan fingerprint density at radius 2 is 2.00 bits per heavy atom. The van der Waals surface area contributed by atoms with Crippen molar-refractivity contribution in [1.29, 1.82) is 0 Å². The van der Waals surface area contributed by atoms with Crippen LogP contribution in [0.15, 0.2) is 18.2 Å². The van der Waals surface area contributed by atoms with E-state index in [2.05, 4.69) is 5.32 Å². The van der Waals surface area contributed by atoms with Gasteiger partial charge in [0, 0.05) is 36.2 Å². The van der Waals surface area contributed by atoms with Crippen molar-refractivity contribution < 1.29 is 13.9 Å². The number of hydrogen-bond acceptors (Lipinski definition) is 2. The summed E-state index contributed by atoms with van der Waals surface area (Å²) in [7, 11) is 0. The Morgan fingerprint density at radius 1 is 1.32 bits per heavy atom. The standard InChI is InChI=1S/C15H21F2NO/c1-11(13-5-4-12(16)8-14(13)17)18-9-15(10-19)6-2-3-7-15/h4-5,8,11,18-19H,2-3,6-7,9-10H2,1H3. The smallest absolute Gasteiger partial charge is 0.130 e. The highest BCUT2D eigenvalue weighted by molar-refractivity contribution is 5.21. The molecule has 0 aliphatic heterocycles. The Balaban J connectivity index is 1.99. The van der Waals surface area contributed by atoms with Gasteiger partial charge in [0.1, 0.15) is 11.6 Å². The summed E-state index contributed by atoms with van der Waals surface area (Å²) in [4.78, 5) is 0. The average Bonchev–Trinajstić information content (AvgIpc) is 2.85. The maximum atomic E-state index is 13.6. The van der Waals surface area contributed by atoms with E-state index in [4.69, 9.17) is 0 Å². The van der Waals surface area contributed by atoms with Crippen molar-refractivity contribution in [3.8, 4) is 0 Å². The molecule has 0 spiro atoms. The predicted molar refractivity (Wildman–Crippen MR) is 70.8 cm³/mol. The molecule has 2 nitrogen and oxygen atoms in total.